The lowest BCUT2D eigenvalue weighted by Gasteiger charge is -2.32. The summed E-state index contributed by atoms with van der Waals surface area (Å²) in [4.78, 5) is 14.1. The number of amides is 1. The number of aromatic nitrogens is 2. The normalized spacial score (nSPS) is 29.3. The fraction of sp³-hybridized carbons (Fsp3) is 0.733. The van der Waals surface area contributed by atoms with E-state index in [0.29, 0.717) is 25.8 Å². The average molecular weight is 330 g/mol. The zero-order chi connectivity index (χ0) is 16.6. The number of alkyl halides is 3. The summed E-state index contributed by atoms with van der Waals surface area (Å²) in [5.74, 6) is -1.33. The minimum Gasteiger partial charge on any atom is -0.308 e. The van der Waals surface area contributed by atoms with Crippen molar-refractivity contribution in [2.75, 3.05) is 11.4 Å². The van der Waals surface area contributed by atoms with Crippen molar-refractivity contribution < 1.29 is 18.0 Å². The first-order chi connectivity index (χ1) is 10.8. The maximum Gasteiger partial charge on any atom is 0.391 e. The lowest BCUT2D eigenvalue weighted by atomic mass is 9.85. The van der Waals surface area contributed by atoms with Crippen molar-refractivity contribution in [3.8, 4) is 0 Å². The number of halogens is 3. The van der Waals surface area contributed by atoms with E-state index >= 15 is 0 Å². The molecule has 0 unspecified atom stereocenters. The fourth-order valence-corrected chi connectivity index (χ4v) is 3.56. The topological polar surface area (TPSA) is 50.2 Å². The number of nitrogens with one attached hydrogen (secondary N) is 1. The van der Waals surface area contributed by atoms with E-state index in [2.05, 4.69) is 10.4 Å². The van der Waals surface area contributed by atoms with Crippen molar-refractivity contribution in [2.45, 2.75) is 50.4 Å². The molecular formula is C15H21F3N4O. The molecule has 8 heteroatoms. The van der Waals surface area contributed by atoms with Gasteiger partial charge in [-0.2, -0.15) is 18.3 Å². The third-order valence-electron chi connectivity index (χ3n) is 4.78. The molecule has 2 aliphatic rings. The van der Waals surface area contributed by atoms with Crippen LogP contribution in [0.3, 0.4) is 0 Å². The first kappa shape index (κ1) is 16.3. The predicted octanol–water partition coefficient (Wildman–Crippen LogP) is 2.24. The molecule has 1 amide bonds. The van der Waals surface area contributed by atoms with Crippen LogP contribution < -0.4 is 10.2 Å². The number of aryl methyl sites for hydroxylation is 1. The van der Waals surface area contributed by atoms with Crippen LogP contribution in [0.1, 0.15) is 32.1 Å². The van der Waals surface area contributed by atoms with Crippen LogP contribution in [-0.4, -0.2) is 40.5 Å². The van der Waals surface area contributed by atoms with Gasteiger partial charge in [0.15, 0.2) is 0 Å². The van der Waals surface area contributed by atoms with Crippen molar-refractivity contribution >= 4 is 11.6 Å². The molecule has 0 aromatic carbocycles. The third-order valence-corrected chi connectivity index (χ3v) is 4.78. The molecule has 0 spiro atoms. The van der Waals surface area contributed by atoms with Crippen LogP contribution in [0.15, 0.2) is 12.4 Å². The highest BCUT2D eigenvalue weighted by atomic mass is 19.4. The number of rotatable bonds is 3. The van der Waals surface area contributed by atoms with E-state index in [1.165, 1.54) is 0 Å². The second-order valence-electron chi connectivity index (χ2n) is 6.47. The Bertz CT molecular complexity index is 571. The van der Waals surface area contributed by atoms with Gasteiger partial charge >= 0.3 is 6.18 Å². The quantitative estimate of drug-likeness (QED) is 0.925. The smallest absolute Gasteiger partial charge is 0.308 e. The Labute approximate surface area is 132 Å². The molecule has 128 valence electrons. The Hall–Kier alpha value is -1.57. The van der Waals surface area contributed by atoms with Gasteiger partial charge < -0.3 is 10.2 Å². The van der Waals surface area contributed by atoms with Gasteiger partial charge in [0.2, 0.25) is 5.91 Å². The van der Waals surface area contributed by atoms with Gasteiger partial charge in [0, 0.05) is 25.8 Å². The molecule has 3 rings (SSSR count). The summed E-state index contributed by atoms with van der Waals surface area (Å²) < 4.78 is 40.3. The minimum atomic E-state index is -4.14. The summed E-state index contributed by atoms with van der Waals surface area (Å²) in [6, 6.07) is -0.634. The van der Waals surface area contributed by atoms with Gasteiger partial charge in [-0.3, -0.25) is 9.48 Å². The highest BCUT2D eigenvalue weighted by Gasteiger charge is 2.43. The van der Waals surface area contributed by atoms with E-state index in [0.717, 1.165) is 5.69 Å². The maximum atomic E-state index is 12.9. The summed E-state index contributed by atoms with van der Waals surface area (Å²) in [6.07, 6.45) is 1.38. The number of hydrogen-bond acceptors (Lipinski definition) is 3. The fourth-order valence-electron chi connectivity index (χ4n) is 3.56. The number of nitrogens with zero attached hydrogens (tertiary/aromatic N) is 3. The van der Waals surface area contributed by atoms with Gasteiger partial charge in [0.05, 0.1) is 23.8 Å². The molecule has 1 aromatic rings. The lowest BCUT2D eigenvalue weighted by molar-refractivity contribution is -0.183. The molecule has 2 fully saturated rings. The van der Waals surface area contributed by atoms with E-state index in [1.807, 2.05) is 0 Å². The second kappa shape index (κ2) is 6.14. The van der Waals surface area contributed by atoms with Crippen LogP contribution >= 0.6 is 0 Å². The molecule has 0 bridgehead atoms. The molecule has 1 N–H and O–H groups in total. The molecule has 1 aromatic heterocycles. The van der Waals surface area contributed by atoms with Crippen molar-refractivity contribution in [1.82, 2.24) is 15.1 Å². The Balaban J connectivity index is 1.59. The largest absolute Gasteiger partial charge is 0.391 e. The van der Waals surface area contributed by atoms with Gasteiger partial charge in [0.25, 0.3) is 0 Å². The second-order valence-corrected chi connectivity index (χ2v) is 6.47. The Morgan fingerprint density at radius 2 is 2.09 bits per heavy atom. The zero-order valence-corrected chi connectivity index (χ0v) is 13.0. The maximum absolute atomic E-state index is 12.9. The molecule has 3 atom stereocenters. The summed E-state index contributed by atoms with van der Waals surface area (Å²) in [5, 5.41) is 7.21. The zero-order valence-electron chi connectivity index (χ0n) is 13.0. The highest BCUT2D eigenvalue weighted by molar-refractivity contribution is 5.99. The Morgan fingerprint density at radius 1 is 1.30 bits per heavy atom. The van der Waals surface area contributed by atoms with E-state index in [4.69, 9.17) is 0 Å². The summed E-state index contributed by atoms with van der Waals surface area (Å²) in [5.41, 5.74) is 0.735. The Morgan fingerprint density at radius 3 is 2.74 bits per heavy atom. The van der Waals surface area contributed by atoms with Gasteiger partial charge in [-0.1, -0.05) is 6.42 Å². The molecule has 1 saturated heterocycles. The van der Waals surface area contributed by atoms with Gasteiger partial charge in [-0.15, -0.1) is 0 Å². The molecule has 1 aliphatic heterocycles. The SMILES string of the molecule is Cn1cc(N2CC[C@H](N[C@H]3CCC[C@H](C(F)(F)F)C3)C2=O)cn1. The van der Waals surface area contributed by atoms with E-state index < -0.39 is 18.1 Å². The standard InChI is InChI=1S/C15H21F3N4O/c1-21-9-12(8-19-21)22-6-5-13(14(22)23)20-11-4-2-3-10(7-11)15(16,17)18/h8-11,13,20H,2-7H2,1H3/t10-,11-,13-/m0/s1. The molecule has 1 saturated carbocycles. The van der Waals surface area contributed by atoms with E-state index in [9.17, 15) is 18.0 Å². The van der Waals surface area contributed by atoms with Crippen molar-refractivity contribution in [3.05, 3.63) is 12.4 Å². The summed E-state index contributed by atoms with van der Waals surface area (Å²) in [6.45, 7) is 0.567. The average Bonchev–Trinajstić information content (AvgIpc) is 3.06. The van der Waals surface area contributed by atoms with E-state index in [1.54, 1.807) is 29.0 Å². The molecule has 5 nitrogen and oxygen atoms in total. The first-order valence-corrected chi connectivity index (χ1v) is 7.97. The molecule has 0 radical (unpaired) electrons. The van der Waals surface area contributed by atoms with Crippen LogP contribution in [0.25, 0.3) is 0 Å². The first-order valence-electron chi connectivity index (χ1n) is 7.97. The van der Waals surface area contributed by atoms with Crippen LogP contribution in [-0.2, 0) is 11.8 Å². The minimum absolute atomic E-state index is 0.0696. The van der Waals surface area contributed by atoms with Crippen LogP contribution in [0.2, 0.25) is 0 Å². The van der Waals surface area contributed by atoms with Gasteiger partial charge in [-0.05, 0) is 25.7 Å². The molecule has 2 heterocycles. The van der Waals surface area contributed by atoms with E-state index in [-0.39, 0.29) is 24.8 Å². The van der Waals surface area contributed by atoms with Crippen molar-refractivity contribution in [3.63, 3.8) is 0 Å². The summed E-state index contributed by atoms with van der Waals surface area (Å²) in [7, 11) is 1.78. The third kappa shape index (κ3) is 3.52. The number of carbonyl (C=O) groups is 1. The number of anilines is 1. The summed E-state index contributed by atoms with van der Waals surface area (Å²) >= 11 is 0. The number of hydrogen-bond donors (Lipinski definition) is 1. The Kier molecular flexibility index (Phi) is 4.35. The van der Waals surface area contributed by atoms with Crippen LogP contribution in [0.4, 0.5) is 18.9 Å². The van der Waals surface area contributed by atoms with Crippen molar-refractivity contribution in [2.24, 2.45) is 13.0 Å². The van der Waals surface area contributed by atoms with Crippen LogP contribution in [0.5, 0.6) is 0 Å². The lowest BCUT2D eigenvalue weighted by Crippen LogP contribution is -2.47. The molecular weight excluding hydrogens is 309 g/mol. The predicted molar refractivity (Wildman–Crippen MR) is 78.9 cm³/mol. The van der Waals surface area contributed by atoms with Gasteiger partial charge in [-0.25, -0.2) is 0 Å². The molecule has 1 aliphatic carbocycles. The van der Waals surface area contributed by atoms with Gasteiger partial charge in [0.1, 0.15) is 0 Å². The highest BCUT2D eigenvalue weighted by Crippen LogP contribution is 2.37. The number of carbonyl (C=O) groups excluding carboxylic acids is 1. The molecule has 23 heavy (non-hydrogen) atoms. The van der Waals surface area contributed by atoms with Crippen molar-refractivity contribution in [1.29, 1.82) is 0 Å². The van der Waals surface area contributed by atoms with Crippen LogP contribution in [0, 0.1) is 5.92 Å². The monoisotopic (exact) mass is 330 g/mol.